The smallest absolute Gasteiger partial charge is 0.251 e. The van der Waals surface area contributed by atoms with Gasteiger partial charge in [0.2, 0.25) is 0 Å². The van der Waals surface area contributed by atoms with Crippen molar-refractivity contribution in [2.45, 2.75) is 6.61 Å². The summed E-state index contributed by atoms with van der Waals surface area (Å²) in [5, 5.41) is 8.57. The summed E-state index contributed by atoms with van der Waals surface area (Å²) in [4.78, 5) is 10.6. The first kappa shape index (κ1) is 9.60. The SMILES string of the molecule is NC(=O)c1ccc(F)c(CO)c1F. The molecular weight excluding hydrogens is 180 g/mol. The van der Waals surface area contributed by atoms with E-state index < -0.39 is 35.3 Å². The highest BCUT2D eigenvalue weighted by molar-refractivity contribution is 5.93. The van der Waals surface area contributed by atoms with E-state index in [1.54, 1.807) is 0 Å². The monoisotopic (exact) mass is 187 g/mol. The molecule has 1 aromatic carbocycles. The average molecular weight is 187 g/mol. The van der Waals surface area contributed by atoms with Crippen LogP contribution in [-0.4, -0.2) is 11.0 Å². The lowest BCUT2D eigenvalue weighted by atomic mass is 10.1. The largest absolute Gasteiger partial charge is 0.391 e. The van der Waals surface area contributed by atoms with Crippen molar-refractivity contribution in [3.05, 3.63) is 34.9 Å². The summed E-state index contributed by atoms with van der Waals surface area (Å²) in [5.41, 5.74) is 3.83. The second-order valence-corrected chi connectivity index (χ2v) is 2.41. The van der Waals surface area contributed by atoms with Crippen LogP contribution in [0, 0.1) is 11.6 Å². The van der Waals surface area contributed by atoms with Gasteiger partial charge in [0.1, 0.15) is 11.6 Å². The Balaban J connectivity index is 3.35. The molecule has 0 fully saturated rings. The van der Waals surface area contributed by atoms with Crippen LogP contribution in [0.3, 0.4) is 0 Å². The van der Waals surface area contributed by atoms with Crippen LogP contribution in [0.1, 0.15) is 15.9 Å². The molecule has 0 aliphatic heterocycles. The zero-order valence-electron chi connectivity index (χ0n) is 6.55. The first-order valence-corrected chi connectivity index (χ1v) is 3.45. The highest BCUT2D eigenvalue weighted by Gasteiger charge is 2.15. The Morgan fingerprint density at radius 3 is 2.54 bits per heavy atom. The molecule has 1 rings (SSSR count). The van der Waals surface area contributed by atoms with Gasteiger partial charge in [-0.05, 0) is 12.1 Å². The zero-order valence-corrected chi connectivity index (χ0v) is 6.55. The van der Waals surface area contributed by atoms with Gasteiger partial charge in [-0.1, -0.05) is 0 Å². The molecule has 0 aromatic heterocycles. The third kappa shape index (κ3) is 1.65. The summed E-state index contributed by atoms with van der Waals surface area (Å²) in [6.45, 7) is -0.807. The molecule has 0 saturated carbocycles. The van der Waals surface area contributed by atoms with Gasteiger partial charge >= 0.3 is 0 Å². The molecule has 0 aliphatic carbocycles. The van der Waals surface area contributed by atoms with Crippen LogP contribution in [0.2, 0.25) is 0 Å². The number of primary amides is 1. The molecule has 0 radical (unpaired) electrons. The summed E-state index contributed by atoms with van der Waals surface area (Å²) < 4.78 is 25.8. The van der Waals surface area contributed by atoms with E-state index in [4.69, 9.17) is 10.8 Å². The number of carbonyl (C=O) groups excluding carboxylic acids is 1. The molecule has 70 valence electrons. The van der Waals surface area contributed by atoms with E-state index >= 15 is 0 Å². The van der Waals surface area contributed by atoms with Crippen molar-refractivity contribution in [1.29, 1.82) is 0 Å². The highest BCUT2D eigenvalue weighted by atomic mass is 19.1. The minimum Gasteiger partial charge on any atom is -0.391 e. The van der Waals surface area contributed by atoms with Gasteiger partial charge in [0, 0.05) is 5.56 Å². The van der Waals surface area contributed by atoms with Crippen LogP contribution in [0.4, 0.5) is 8.78 Å². The quantitative estimate of drug-likeness (QED) is 0.710. The number of rotatable bonds is 2. The van der Waals surface area contributed by atoms with Crippen molar-refractivity contribution in [3.63, 3.8) is 0 Å². The number of carbonyl (C=O) groups is 1. The Morgan fingerprint density at radius 1 is 1.46 bits per heavy atom. The standard InChI is InChI=1S/C8H7F2NO2/c9-6-2-1-4(8(11)13)7(10)5(6)3-12/h1-2,12H,3H2,(H2,11,13). The maximum Gasteiger partial charge on any atom is 0.251 e. The van der Waals surface area contributed by atoms with E-state index in [9.17, 15) is 13.6 Å². The van der Waals surface area contributed by atoms with Gasteiger partial charge in [-0.25, -0.2) is 8.78 Å². The molecule has 1 amide bonds. The minimum absolute atomic E-state index is 0.426. The number of nitrogens with two attached hydrogens (primary N) is 1. The fraction of sp³-hybridized carbons (Fsp3) is 0.125. The summed E-state index contributed by atoms with van der Waals surface area (Å²) >= 11 is 0. The molecule has 0 aliphatic rings. The molecule has 0 unspecified atom stereocenters. The minimum atomic E-state index is -1.10. The van der Waals surface area contributed by atoms with Crippen molar-refractivity contribution < 1.29 is 18.7 Å². The Labute approximate surface area is 72.8 Å². The molecule has 0 bridgehead atoms. The number of aliphatic hydroxyl groups excluding tert-OH is 1. The van der Waals surface area contributed by atoms with Crippen LogP contribution < -0.4 is 5.73 Å². The van der Waals surface area contributed by atoms with Crippen molar-refractivity contribution in [2.75, 3.05) is 0 Å². The van der Waals surface area contributed by atoms with E-state index in [2.05, 4.69) is 0 Å². The molecule has 0 heterocycles. The number of amides is 1. The number of aliphatic hydroxyl groups is 1. The molecule has 0 saturated heterocycles. The fourth-order valence-corrected chi connectivity index (χ4v) is 0.933. The van der Waals surface area contributed by atoms with Crippen LogP contribution >= 0.6 is 0 Å². The van der Waals surface area contributed by atoms with Gasteiger partial charge in [0.25, 0.3) is 5.91 Å². The van der Waals surface area contributed by atoms with Crippen molar-refractivity contribution in [1.82, 2.24) is 0 Å². The summed E-state index contributed by atoms with van der Waals surface area (Å²) in [6, 6.07) is 1.82. The highest BCUT2D eigenvalue weighted by Crippen LogP contribution is 2.16. The topological polar surface area (TPSA) is 63.3 Å². The lowest BCUT2D eigenvalue weighted by Gasteiger charge is -2.04. The number of hydrogen-bond donors (Lipinski definition) is 2. The molecule has 1 aromatic rings. The van der Waals surface area contributed by atoms with Crippen LogP contribution in [0.5, 0.6) is 0 Å². The van der Waals surface area contributed by atoms with E-state index in [0.717, 1.165) is 12.1 Å². The van der Waals surface area contributed by atoms with Crippen molar-refractivity contribution in [2.24, 2.45) is 5.73 Å². The summed E-state index contributed by atoms with van der Waals surface area (Å²) in [6.07, 6.45) is 0. The van der Waals surface area contributed by atoms with Crippen molar-refractivity contribution in [3.8, 4) is 0 Å². The van der Waals surface area contributed by atoms with Gasteiger partial charge in [-0.2, -0.15) is 0 Å². The molecule has 5 heteroatoms. The molecule has 0 spiro atoms. The van der Waals surface area contributed by atoms with E-state index in [-0.39, 0.29) is 0 Å². The zero-order chi connectivity index (χ0) is 10.0. The lowest BCUT2D eigenvalue weighted by molar-refractivity contribution is 0.0996. The van der Waals surface area contributed by atoms with Crippen molar-refractivity contribution >= 4 is 5.91 Å². The van der Waals surface area contributed by atoms with E-state index in [0.29, 0.717) is 0 Å². The van der Waals surface area contributed by atoms with Gasteiger partial charge in [-0.15, -0.1) is 0 Å². The Bertz CT molecular complexity index is 352. The predicted octanol–water partition coefficient (Wildman–Crippen LogP) is 0.556. The molecule has 3 N–H and O–H groups in total. The third-order valence-corrected chi connectivity index (χ3v) is 1.61. The maximum atomic E-state index is 13.1. The van der Waals surface area contributed by atoms with Gasteiger partial charge in [-0.3, -0.25) is 4.79 Å². The van der Waals surface area contributed by atoms with Crippen LogP contribution in [0.15, 0.2) is 12.1 Å². The van der Waals surface area contributed by atoms with Crippen LogP contribution in [0.25, 0.3) is 0 Å². The first-order chi connectivity index (χ1) is 6.07. The second-order valence-electron chi connectivity index (χ2n) is 2.41. The molecule has 13 heavy (non-hydrogen) atoms. The Morgan fingerprint density at radius 2 is 2.08 bits per heavy atom. The lowest BCUT2D eigenvalue weighted by Crippen LogP contribution is -2.15. The summed E-state index contributed by atoms with van der Waals surface area (Å²) in [5.74, 6) is -2.99. The Hall–Kier alpha value is -1.49. The number of halogens is 2. The summed E-state index contributed by atoms with van der Waals surface area (Å²) in [7, 11) is 0. The van der Waals surface area contributed by atoms with Crippen LogP contribution in [-0.2, 0) is 6.61 Å². The van der Waals surface area contributed by atoms with Gasteiger partial charge < -0.3 is 10.8 Å². The predicted molar refractivity (Wildman–Crippen MR) is 40.8 cm³/mol. The first-order valence-electron chi connectivity index (χ1n) is 3.45. The third-order valence-electron chi connectivity index (χ3n) is 1.61. The van der Waals surface area contributed by atoms with E-state index in [1.165, 1.54) is 0 Å². The number of hydrogen-bond acceptors (Lipinski definition) is 2. The molecule has 3 nitrogen and oxygen atoms in total. The second kappa shape index (κ2) is 3.49. The fourth-order valence-electron chi connectivity index (χ4n) is 0.933. The number of benzene rings is 1. The molecular formula is C8H7F2NO2. The maximum absolute atomic E-state index is 13.1. The van der Waals surface area contributed by atoms with E-state index in [1.807, 2.05) is 0 Å². The average Bonchev–Trinajstić information content (AvgIpc) is 2.04. The molecule has 0 atom stereocenters. The van der Waals surface area contributed by atoms with Gasteiger partial charge in [0.05, 0.1) is 12.2 Å². The normalized spacial score (nSPS) is 10.1. The Kier molecular flexibility index (Phi) is 2.57. The van der Waals surface area contributed by atoms with Gasteiger partial charge in [0.15, 0.2) is 0 Å².